The van der Waals surface area contributed by atoms with E-state index >= 15 is 0 Å². The fraction of sp³-hybridized carbons (Fsp3) is 0.636. The molecule has 1 N–H and O–H groups in total. The molecule has 4 nitrogen and oxygen atoms in total. The Morgan fingerprint density at radius 2 is 2.20 bits per heavy atom. The molecule has 0 spiro atoms. The third-order valence-electron chi connectivity index (χ3n) is 2.44. The molecule has 4 heteroatoms. The van der Waals surface area contributed by atoms with E-state index in [1.54, 1.807) is 0 Å². The van der Waals surface area contributed by atoms with Crippen LogP contribution in [0.1, 0.15) is 27.2 Å². The standard InChI is InChI=1S/C11H17N3O/c1-7(2)15-11-5-10(12-6-13-11)14-9-4-8(9)3/h5-9H,4H2,1-3H3,(H,12,13,14). The van der Waals surface area contributed by atoms with Crippen molar-refractivity contribution in [3.05, 3.63) is 12.4 Å². The lowest BCUT2D eigenvalue weighted by molar-refractivity contribution is 0.232. The Hall–Kier alpha value is -1.32. The second-order valence-electron chi connectivity index (χ2n) is 4.37. The van der Waals surface area contributed by atoms with Crippen LogP contribution < -0.4 is 10.1 Å². The van der Waals surface area contributed by atoms with Gasteiger partial charge in [0, 0.05) is 12.1 Å². The molecule has 1 aromatic rings. The zero-order chi connectivity index (χ0) is 10.8. The van der Waals surface area contributed by atoms with Crippen LogP contribution in [0.25, 0.3) is 0 Å². The van der Waals surface area contributed by atoms with Crippen molar-refractivity contribution in [2.75, 3.05) is 5.32 Å². The van der Waals surface area contributed by atoms with Crippen LogP contribution in [0.5, 0.6) is 5.88 Å². The minimum atomic E-state index is 0.146. The molecule has 2 atom stereocenters. The Kier molecular flexibility index (Phi) is 2.75. The van der Waals surface area contributed by atoms with Crippen molar-refractivity contribution in [2.45, 2.75) is 39.3 Å². The highest BCUT2D eigenvalue weighted by atomic mass is 16.5. The van der Waals surface area contributed by atoms with Crippen LogP contribution in [0.2, 0.25) is 0 Å². The molecule has 1 heterocycles. The second kappa shape index (κ2) is 4.04. The number of hydrogen-bond acceptors (Lipinski definition) is 4. The summed E-state index contributed by atoms with van der Waals surface area (Å²) >= 11 is 0. The van der Waals surface area contributed by atoms with Crippen molar-refractivity contribution in [3.63, 3.8) is 0 Å². The SMILES string of the molecule is CC(C)Oc1cc(NC2CC2C)ncn1. The smallest absolute Gasteiger partial charge is 0.218 e. The number of nitrogens with zero attached hydrogens (tertiary/aromatic N) is 2. The lowest BCUT2D eigenvalue weighted by atomic mass is 10.4. The maximum absolute atomic E-state index is 5.49. The van der Waals surface area contributed by atoms with Crippen molar-refractivity contribution in [3.8, 4) is 5.88 Å². The molecule has 2 rings (SSSR count). The fourth-order valence-corrected chi connectivity index (χ4v) is 1.44. The molecule has 1 fully saturated rings. The number of aromatic nitrogens is 2. The van der Waals surface area contributed by atoms with Crippen LogP contribution in [0, 0.1) is 5.92 Å². The third kappa shape index (κ3) is 2.81. The van der Waals surface area contributed by atoms with Crippen LogP contribution in [0.15, 0.2) is 12.4 Å². The molecule has 1 aromatic heterocycles. The Morgan fingerprint density at radius 3 is 2.80 bits per heavy atom. The lowest BCUT2D eigenvalue weighted by Gasteiger charge is -2.09. The van der Waals surface area contributed by atoms with E-state index in [4.69, 9.17) is 4.74 Å². The molecule has 82 valence electrons. The molecule has 0 saturated heterocycles. The molecule has 1 saturated carbocycles. The molecule has 0 aromatic carbocycles. The number of ether oxygens (including phenoxy) is 1. The van der Waals surface area contributed by atoms with Gasteiger partial charge in [0.1, 0.15) is 12.1 Å². The first-order valence-electron chi connectivity index (χ1n) is 5.40. The molecule has 0 bridgehead atoms. The van der Waals surface area contributed by atoms with Crippen molar-refractivity contribution < 1.29 is 4.74 Å². The maximum Gasteiger partial charge on any atom is 0.218 e. The molecule has 0 aliphatic heterocycles. The van der Waals surface area contributed by atoms with Crippen LogP contribution in [0.3, 0.4) is 0 Å². The van der Waals surface area contributed by atoms with E-state index in [1.165, 1.54) is 12.7 Å². The minimum absolute atomic E-state index is 0.146. The molecular formula is C11H17N3O. The monoisotopic (exact) mass is 207 g/mol. The summed E-state index contributed by atoms with van der Waals surface area (Å²) in [5.74, 6) is 2.25. The van der Waals surface area contributed by atoms with Gasteiger partial charge in [-0.3, -0.25) is 0 Å². The van der Waals surface area contributed by atoms with Crippen LogP contribution in [-0.2, 0) is 0 Å². The van der Waals surface area contributed by atoms with Gasteiger partial charge in [0.25, 0.3) is 0 Å². The van der Waals surface area contributed by atoms with Crippen molar-refractivity contribution in [1.29, 1.82) is 0 Å². The molecule has 0 radical (unpaired) electrons. The first-order chi connectivity index (χ1) is 7.15. The molecular weight excluding hydrogens is 190 g/mol. The van der Waals surface area contributed by atoms with E-state index in [9.17, 15) is 0 Å². The van der Waals surface area contributed by atoms with Gasteiger partial charge in [0.05, 0.1) is 6.10 Å². The number of anilines is 1. The predicted octanol–water partition coefficient (Wildman–Crippen LogP) is 2.08. The predicted molar refractivity (Wildman–Crippen MR) is 59.0 cm³/mol. The van der Waals surface area contributed by atoms with Crippen LogP contribution >= 0.6 is 0 Å². The average molecular weight is 207 g/mol. The van der Waals surface area contributed by atoms with Crippen molar-refractivity contribution in [2.24, 2.45) is 5.92 Å². The highest BCUT2D eigenvalue weighted by Crippen LogP contribution is 2.32. The normalized spacial score (nSPS) is 24.0. The van der Waals surface area contributed by atoms with Gasteiger partial charge in [0.2, 0.25) is 5.88 Å². The Balaban J connectivity index is 1.99. The summed E-state index contributed by atoms with van der Waals surface area (Å²) < 4.78 is 5.49. The summed E-state index contributed by atoms with van der Waals surface area (Å²) in [6, 6.07) is 2.43. The summed E-state index contributed by atoms with van der Waals surface area (Å²) in [5, 5.41) is 3.35. The van der Waals surface area contributed by atoms with Gasteiger partial charge in [-0.15, -0.1) is 0 Å². The van der Waals surface area contributed by atoms with E-state index in [-0.39, 0.29) is 6.10 Å². The first kappa shape index (κ1) is 10.2. The van der Waals surface area contributed by atoms with Crippen molar-refractivity contribution in [1.82, 2.24) is 9.97 Å². The Bertz CT molecular complexity index is 340. The average Bonchev–Trinajstić information content (AvgIpc) is 2.81. The largest absolute Gasteiger partial charge is 0.475 e. The van der Waals surface area contributed by atoms with Gasteiger partial charge in [-0.05, 0) is 26.2 Å². The fourth-order valence-electron chi connectivity index (χ4n) is 1.44. The highest BCUT2D eigenvalue weighted by Gasteiger charge is 2.32. The number of nitrogens with one attached hydrogen (secondary N) is 1. The van der Waals surface area contributed by atoms with Gasteiger partial charge < -0.3 is 10.1 Å². The van der Waals surface area contributed by atoms with E-state index < -0.39 is 0 Å². The molecule has 1 aliphatic carbocycles. The zero-order valence-electron chi connectivity index (χ0n) is 9.40. The summed E-state index contributed by atoms with van der Waals surface area (Å²) in [7, 11) is 0. The molecule has 2 unspecified atom stereocenters. The van der Waals surface area contributed by atoms with E-state index in [2.05, 4.69) is 22.2 Å². The van der Waals surface area contributed by atoms with Crippen LogP contribution in [-0.4, -0.2) is 22.1 Å². The topological polar surface area (TPSA) is 47.0 Å². The van der Waals surface area contributed by atoms with E-state index in [0.29, 0.717) is 11.9 Å². The van der Waals surface area contributed by atoms with Crippen molar-refractivity contribution >= 4 is 5.82 Å². The van der Waals surface area contributed by atoms with Crippen LogP contribution in [0.4, 0.5) is 5.82 Å². The van der Waals surface area contributed by atoms with Gasteiger partial charge in [-0.2, -0.15) is 0 Å². The Morgan fingerprint density at radius 1 is 1.47 bits per heavy atom. The van der Waals surface area contributed by atoms with Gasteiger partial charge >= 0.3 is 0 Å². The molecule has 0 amide bonds. The summed E-state index contributed by atoms with van der Waals surface area (Å²) in [6.07, 6.45) is 2.91. The van der Waals surface area contributed by atoms with Gasteiger partial charge in [0.15, 0.2) is 0 Å². The molecule has 1 aliphatic rings. The second-order valence-corrected chi connectivity index (χ2v) is 4.37. The summed E-state index contributed by atoms with van der Waals surface area (Å²) in [6.45, 7) is 6.20. The first-order valence-corrected chi connectivity index (χ1v) is 5.40. The summed E-state index contributed by atoms with van der Waals surface area (Å²) in [5.41, 5.74) is 0. The summed E-state index contributed by atoms with van der Waals surface area (Å²) in [4.78, 5) is 8.21. The quantitative estimate of drug-likeness (QED) is 0.821. The van der Waals surface area contributed by atoms with Gasteiger partial charge in [-0.25, -0.2) is 9.97 Å². The minimum Gasteiger partial charge on any atom is -0.475 e. The third-order valence-corrected chi connectivity index (χ3v) is 2.44. The zero-order valence-corrected chi connectivity index (χ0v) is 9.40. The van der Waals surface area contributed by atoms with Gasteiger partial charge in [-0.1, -0.05) is 6.92 Å². The highest BCUT2D eigenvalue weighted by molar-refractivity contribution is 5.39. The lowest BCUT2D eigenvalue weighted by Crippen LogP contribution is -2.09. The van der Waals surface area contributed by atoms with E-state index in [1.807, 2.05) is 19.9 Å². The molecule has 15 heavy (non-hydrogen) atoms. The maximum atomic E-state index is 5.49. The number of hydrogen-bond donors (Lipinski definition) is 1. The number of rotatable bonds is 4. The Labute approximate surface area is 90.1 Å². The van der Waals surface area contributed by atoms with E-state index in [0.717, 1.165) is 11.7 Å².